The number of aromatic nitrogens is 3. The number of hydrogen-bond donors (Lipinski definition) is 0. The van der Waals surface area contributed by atoms with Crippen molar-refractivity contribution in [1.29, 1.82) is 0 Å². The Morgan fingerprint density at radius 2 is 1.20 bits per heavy atom. The second-order valence-corrected chi connectivity index (χ2v) is 6.19. The molecule has 1 heterocycles. The molecule has 122 valence electrons. The predicted molar refractivity (Wildman–Crippen MR) is 102 cm³/mol. The van der Waals surface area contributed by atoms with E-state index in [4.69, 9.17) is 0 Å². The fraction of sp³-hybridized carbons (Fsp3) is 0.0909. The third kappa shape index (κ3) is 2.96. The Kier molecular flexibility index (Phi) is 3.90. The highest BCUT2D eigenvalue weighted by molar-refractivity contribution is 5.68. The van der Waals surface area contributed by atoms with Gasteiger partial charge in [0.2, 0.25) is 0 Å². The van der Waals surface area contributed by atoms with Crippen LogP contribution in [-0.2, 0) is 0 Å². The van der Waals surface area contributed by atoms with Crippen LogP contribution in [0.15, 0.2) is 78.9 Å². The average Bonchev–Trinajstić information content (AvgIpc) is 3.05. The van der Waals surface area contributed by atoms with E-state index in [2.05, 4.69) is 94.5 Å². The second-order valence-electron chi connectivity index (χ2n) is 6.19. The third-order valence-corrected chi connectivity index (χ3v) is 4.37. The monoisotopic (exact) mass is 325 g/mol. The normalized spacial score (nSPS) is 10.8. The van der Waals surface area contributed by atoms with Crippen molar-refractivity contribution in [2.24, 2.45) is 0 Å². The average molecular weight is 325 g/mol. The predicted octanol–water partition coefficient (Wildman–Crippen LogP) is 5.22. The minimum Gasteiger partial charge on any atom is -0.279 e. The first kappa shape index (κ1) is 15.3. The molecule has 0 saturated carbocycles. The van der Waals surface area contributed by atoms with Gasteiger partial charge < -0.3 is 0 Å². The molecule has 0 amide bonds. The van der Waals surface area contributed by atoms with Crippen LogP contribution in [0.2, 0.25) is 0 Å². The maximum absolute atomic E-state index is 4.40. The van der Waals surface area contributed by atoms with Crippen molar-refractivity contribution in [3.63, 3.8) is 0 Å². The number of aryl methyl sites for hydroxylation is 2. The SMILES string of the molecule is Cc1ccc(-n2c(C)nnc2-c2ccc(-c3ccccc3)cc2)cc1. The van der Waals surface area contributed by atoms with Gasteiger partial charge in [0, 0.05) is 11.3 Å². The van der Waals surface area contributed by atoms with Gasteiger partial charge in [-0.3, -0.25) is 4.57 Å². The fourth-order valence-electron chi connectivity index (χ4n) is 2.99. The minimum absolute atomic E-state index is 0.862. The van der Waals surface area contributed by atoms with Gasteiger partial charge in [-0.15, -0.1) is 10.2 Å². The number of benzene rings is 3. The summed E-state index contributed by atoms with van der Waals surface area (Å²) in [4.78, 5) is 0. The quantitative estimate of drug-likeness (QED) is 0.517. The third-order valence-electron chi connectivity index (χ3n) is 4.37. The maximum atomic E-state index is 4.40. The number of nitrogens with zero attached hydrogens (tertiary/aromatic N) is 3. The Morgan fingerprint density at radius 1 is 0.600 bits per heavy atom. The van der Waals surface area contributed by atoms with Crippen LogP contribution in [0.1, 0.15) is 11.4 Å². The zero-order chi connectivity index (χ0) is 17.2. The van der Waals surface area contributed by atoms with Crippen LogP contribution in [0, 0.1) is 13.8 Å². The first-order valence-electron chi connectivity index (χ1n) is 8.37. The smallest absolute Gasteiger partial charge is 0.168 e. The van der Waals surface area contributed by atoms with Crippen LogP contribution >= 0.6 is 0 Å². The summed E-state index contributed by atoms with van der Waals surface area (Å²) in [5.74, 6) is 1.74. The van der Waals surface area contributed by atoms with E-state index >= 15 is 0 Å². The van der Waals surface area contributed by atoms with Gasteiger partial charge in [0.15, 0.2) is 5.82 Å². The molecule has 0 fully saturated rings. The molecule has 3 nitrogen and oxygen atoms in total. The summed E-state index contributed by atoms with van der Waals surface area (Å²) in [6.07, 6.45) is 0. The Bertz CT molecular complexity index is 982. The summed E-state index contributed by atoms with van der Waals surface area (Å²) in [5, 5.41) is 8.69. The molecule has 0 aliphatic carbocycles. The van der Waals surface area contributed by atoms with E-state index in [0.717, 1.165) is 22.9 Å². The van der Waals surface area contributed by atoms with Gasteiger partial charge in [0.25, 0.3) is 0 Å². The molecule has 0 saturated heterocycles. The van der Waals surface area contributed by atoms with Gasteiger partial charge in [0.1, 0.15) is 5.82 Å². The Labute approximate surface area is 147 Å². The van der Waals surface area contributed by atoms with Crippen molar-refractivity contribution >= 4 is 0 Å². The minimum atomic E-state index is 0.862. The van der Waals surface area contributed by atoms with Crippen LogP contribution < -0.4 is 0 Å². The van der Waals surface area contributed by atoms with Gasteiger partial charge >= 0.3 is 0 Å². The van der Waals surface area contributed by atoms with Crippen LogP contribution in [0.4, 0.5) is 0 Å². The van der Waals surface area contributed by atoms with Crippen molar-refractivity contribution in [3.05, 3.63) is 90.3 Å². The summed E-state index contributed by atoms with van der Waals surface area (Å²) in [7, 11) is 0. The largest absolute Gasteiger partial charge is 0.279 e. The molecule has 3 aromatic carbocycles. The number of hydrogen-bond acceptors (Lipinski definition) is 2. The van der Waals surface area contributed by atoms with E-state index < -0.39 is 0 Å². The first-order chi connectivity index (χ1) is 12.2. The molecule has 0 bridgehead atoms. The fourth-order valence-corrected chi connectivity index (χ4v) is 2.99. The summed E-state index contributed by atoms with van der Waals surface area (Å²) in [6.45, 7) is 4.07. The van der Waals surface area contributed by atoms with Crippen LogP contribution in [-0.4, -0.2) is 14.8 Å². The molecule has 0 radical (unpaired) electrons. The highest BCUT2D eigenvalue weighted by Gasteiger charge is 2.12. The zero-order valence-electron chi connectivity index (χ0n) is 14.3. The molecular formula is C22H19N3. The lowest BCUT2D eigenvalue weighted by molar-refractivity contribution is 0.971. The second kappa shape index (κ2) is 6.36. The highest BCUT2D eigenvalue weighted by Crippen LogP contribution is 2.26. The molecule has 0 aliphatic heterocycles. The van der Waals surface area contributed by atoms with Gasteiger partial charge in [-0.2, -0.15) is 0 Å². The maximum Gasteiger partial charge on any atom is 0.168 e. The van der Waals surface area contributed by atoms with Gasteiger partial charge in [0.05, 0.1) is 0 Å². The van der Waals surface area contributed by atoms with Crippen molar-refractivity contribution < 1.29 is 0 Å². The molecule has 0 spiro atoms. The van der Waals surface area contributed by atoms with Crippen LogP contribution in [0.25, 0.3) is 28.2 Å². The van der Waals surface area contributed by atoms with Gasteiger partial charge in [-0.25, -0.2) is 0 Å². The standard InChI is InChI=1S/C22H19N3/c1-16-8-14-21(15-9-16)25-17(2)23-24-22(25)20-12-10-19(11-13-20)18-6-4-3-5-7-18/h3-15H,1-2H3. The topological polar surface area (TPSA) is 30.7 Å². The molecular weight excluding hydrogens is 306 g/mol. The zero-order valence-corrected chi connectivity index (χ0v) is 14.3. The van der Waals surface area contributed by atoms with Crippen molar-refractivity contribution in [1.82, 2.24) is 14.8 Å². The summed E-state index contributed by atoms with van der Waals surface area (Å²) in [5.41, 5.74) is 5.78. The van der Waals surface area contributed by atoms with Crippen LogP contribution in [0.3, 0.4) is 0 Å². The van der Waals surface area contributed by atoms with Gasteiger partial charge in [-0.1, -0.05) is 72.3 Å². The van der Waals surface area contributed by atoms with E-state index in [1.165, 1.54) is 16.7 Å². The number of rotatable bonds is 3. The molecule has 0 unspecified atom stereocenters. The molecule has 25 heavy (non-hydrogen) atoms. The van der Waals surface area contributed by atoms with E-state index in [1.807, 2.05) is 13.0 Å². The molecule has 1 aromatic heterocycles. The Balaban J connectivity index is 1.75. The molecule has 4 aromatic rings. The van der Waals surface area contributed by atoms with Crippen molar-refractivity contribution in [2.45, 2.75) is 13.8 Å². The lowest BCUT2D eigenvalue weighted by Gasteiger charge is -2.10. The summed E-state index contributed by atoms with van der Waals surface area (Å²) in [6, 6.07) is 27.3. The Morgan fingerprint density at radius 3 is 1.88 bits per heavy atom. The van der Waals surface area contributed by atoms with Crippen LogP contribution in [0.5, 0.6) is 0 Å². The molecule has 0 N–H and O–H groups in total. The van der Waals surface area contributed by atoms with E-state index in [-0.39, 0.29) is 0 Å². The van der Waals surface area contributed by atoms with Crippen molar-refractivity contribution in [2.75, 3.05) is 0 Å². The van der Waals surface area contributed by atoms with E-state index in [1.54, 1.807) is 0 Å². The lowest BCUT2D eigenvalue weighted by atomic mass is 10.0. The van der Waals surface area contributed by atoms with E-state index in [0.29, 0.717) is 0 Å². The van der Waals surface area contributed by atoms with Crippen molar-refractivity contribution in [3.8, 4) is 28.2 Å². The molecule has 0 atom stereocenters. The molecule has 3 heteroatoms. The Hall–Kier alpha value is -3.20. The molecule has 4 rings (SSSR count). The summed E-state index contributed by atoms with van der Waals surface area (Å²) >= 11 is 0. The van der Waals surface area contributed by atoms with E-state index in [9.17, 15) is 0 Å². The highest BCUT2D eigenvalue weighted by atomic mass is 15.3. The van der Waals surface area contributed by atoms with Gasteiger partial charge in [-0.05, 0) is 37.1 Å². The molecule has 0 aliphatic rings. The summed E-state index contributed by atoms with van der Waals surface area (Å²) < 4.78 is 2.09. The first-order valence-corrected chi connectivity index (χ1v) is 8.37. The lowest BCUT2D eigenvalue weighted by Crippen LogP contribution is -1.99.